The van der Waals surface area contributed by atoms with E-state index in [1.54, 1.807) is 10.9 Å². The molecule has 3 rings (SSSR count). The van der Waals surface area contributed by atoms with E-state index in [4.69, 9.17) is 9.84 Å². The lowest BCUT2D eigenvalue weighted by atomic mass is 10.1. The average molecular weight is 362 g/mol. The Labute approximate surface area is 158 Å². The van der Waals surface area contributed by atoms with Crippen LogP contribution in [0.2, 0.25) is 0 Å². The molecule has 0 saturated heterocycles. The molecule has 1 amide bonds. The minimum atomic E-state index is -0.222. The monoisotopic (exact) mass is 362 g/mol. The van der Waals surface area contributed by atoms with Crippen LogP contribution in [-0.2, 0) is 4.79 Å². The maximum atomic E-state index is 11.1. The van der Waals surface area contributed by atoms with E-state index in [-0.39, 0.29) is 5.91 Å². The zero-order chi connectivity index (χ0) is 19.1. The third-order valence-corrected chi connectivity index (χ3v) is 3.79. The number of nitrogens with one attached hydrogen (secondary N) is 1. The van der Waals surface area contributed by atoms with E-state index >= 15 is 0 Å². The van der Waals surface area contributed by atoms with Gasteiger partial charge in [-0.1, -0.05) is 25.1 Å². The first-order valence-corrected chi connectivity index (χ1v) is 8.85. The van der Waals surface area contributed by atoms with Crippen LogP contribution >= 0.6 is 0 Å². The van der Waals surface area contributed by atoms with Gasteiger partial charge in [-0.3, -0.25) is 4.79 Å². The van der Waals surface area contributed by atoms with Gasteiger partial charge in [-0.25, -0.2) is 10.1 Å². The lowest BCUT2D eigenvalue weighted by molar-refractivity contribution is -0.118. The first kappa shape index (κ1) is 18.4. The fourth-order valence-electron chi connectivity index (χ4n) is 2.54. The minimum Gasteiger partial charge on any atom is -0.494 e. The molecule has 1 heterocycles. The Bertz CT molecular complexity index is 915. The number of hydrogen-bond acceptors (Lipinski definition) is 4. The van der Waals surface area contributed by atoms with Gasteiger partial charge in [0.25, 0.3) is 0 Å². The number of carbonyl (C=O) groups excluding carboxylic acids is 1. The summed E-state index contributed by atoms with van der Waals surface area (Å²) in [5, 5.41) is 8.70. The summed E-state index contributed by atoms with van der Waals surface area (Å²) in [6, 6.07) is 17.6. The fourth-order valence-corrected chi connectivity index (χ4v) is 2.54. The Morgan fingerprint density at radius 1 is 1.19 bits per heavy atom. The molecule has 6 heteroatoms. The molecule has 0 spiro atoms. The van der Waals surface area contributed by atoms with Crippen molar-refractivity contribution in [2.45, 2.75) is 20.3 Å². The number of ether oxygens (including phenoxy) is 1. The molecule has 27 heavy (non-hydrogen) atoms. The van der Waals surface area contributed by atoms with Crippen molar-refractivity contribution >= 4 is 12.1 Å². The molecule has 1 aromatic heterocycles. The Kier molecular flexibility index (Phi) is 5.99. The highest BCUT2D eigenvalue weighted by Crippen LogP contribution is 2.25. The highest BCUT2D eigenvalue weighted by atomic mass is 16.5. The van der Waals surface area contributed by atoms with Crippen LogP contribution in [0.3, 0.4) is 0 Å². The predicted molar refractivity (Wildman–Crippen MR) is 106 cm³/mol. The molecule has 0 radical (unpaired) electrons. The first-order valence-electron chi connectivity index (χ1n) is 8.85. The number of carbonyl (C=O) groups is 1. The molecule has 2 aromatic carbocycles. The summed E-state index contributed by atoms with van der Waals surface area (Å²) in [7, 11) is 0. The summed E-state index contributed by atoms with van der Waals surface area (Å²) in [4.78, 5) is 11.1. The topological polar surface area (TPSA) is 68.5 Å². The number of nitrogens with zero attached hydrogens (tertiary/aromatic N) is 3. The number of rotatable bonds is 7. The third kappa shape index (κ3) is 4.82. The van der Waals surface area contributed by atoms with Gasteiger partial charge in [0, 0.05) is 24.2 Å². The summed E-state index contributed by atoms with van der Waals surface area (Å²) in [6.07, 6.45) is 4.45. The molecule has 0 unspecified atom stereocenters. The Morgan fingerprint density at radius 3 is 2.59 bits per heavy atom. The number of aromatic nitrogens is 2. The number of amides is 1. The molecule has 0 aliphatic rings. The van der Waals surface area contributed by atoms with Gasteiger partial charge in [-0.05, 0) is 42.8 Å². The minimum absolute atomic E-state index is 0.222. The van der Waals surface area contributed by atoms with E-state index in [0.717, 1.165) is 34.7 Å². The van der Waals surface area contributed by atoms with Crippen LogP contribution in [0.4, 0.5) is 0 Å². The Morgan fingerprint density at radius 2 is 1.93 bits per heavy atom. The van der Waals surface area contributed by atoms with Crippen molar-refractivity contribution in [3.8, 4) is 22.7 Å². The first-order chi connectivity index (χ1) is 13.2. The van der Waals surface area contributed by atoms with Gasteiger partial charge in [-0.15, -0.1) is 0 Å². The van der Waals surface area contributed by atoms with E-state index in [9.17, 15) is 4.79 Å². The summed E-state index contributed by atoms with van der Waals surface area (Å²) in [6.45, 7) is 4.18. The van der Waals surface area contributed by atoms with Crippen LogP contribution in [0.25, 0.3) is 16.9 Å². The largest absolute Gasteiger partial charge is 0.494 e. The van der Waals surface area contributed by atoms with Gasteiger partial charge >= 0.3 is 0 Å². The Balaban J connectivity index is 1.95. The molecule has 0 aliphatic heterocycles. The van der Waals surface area contributed by atoms with E-state index in [1.807, 2.05) is 60.8 Å². The molecular formula is C21H22N4O2. The second-order valence-electron chi connectivity index (χ2n) is 6.01. The summed E-state index contributed by atoms with van der Waals surface area (Å²) in [5.74, 6) is 0.609. The van der Waals surface area contributed by atoms with Gasteiger partial charge in [0.1, 0.15) is 11.4 Å². The van der Waals surface area contributed by atoms with Crippen molar-refractivity contribution in [1.82, 2.24) is 15.2 Å². The molecule has 1 N–H and O–H groups in total. The third-order valence-electron chi connectivity index (χ3n) is 3.79. The van der Waals surface area contributed by atoms with Gasteiger partial charge in [0.05, 0.1) is 18.5 Å². The molecule has 3 aromatic rings. The molecule has 0 saturated carbocycles. The number of hydrazone groups is 1. The van der Waals surface area contributed by atoms with Crippen LogP contribution in [0.15, 0.2) is 65.9 Å². The van der Waals surface area contributed by atoms with Gasteiger partial charge in [0.2, 0.25) is 5.91 Å². The van der Waals surface area contributed by atoms with E-state index in [2.05, 4.69) is 17.5 Å². The van der Waals surface area contributed by atoms with Crippen LogP contribution in [0.5, 0.6) is 5.75 Å². The number of para-hydroxylation sites is 1. The zero-order valence-electron chi connectivity index (χ0n) is 15.4. The fraction of sp³-hybridized carbons (Fsp3) is 0.190. The average Bonchev–Trinajstić information content (AvgIpc) is 3.11. The Hall–Kier alpha value is -3.41. The molecule has 0 bridgehead atoms. The summed E-state index contributed by atoms with van der Waals surface area (Å²) in [5.41, 5.74) is 5.89. The molecular weight excluding hydrogens is 340 g/mol. The van der Waals surface area contributed by atoms with E-state index in [1.165, 1.54) is 6.92 Å². The van der Waals surface area contributed by atoms with Gasteiger partial charge in [-0.2, -0.15) is 10.2 Å². The standard InChI is InChI=1S/C21H22N4O2/c1-3-13-27-20-11-9-17(10-12-20)21-18(14-22-23-16(2)26)15-25(24-21)19-7-5-4-6-8-19/h4-12,14-15H,3,13H2,1-2H3,(H,23,26)/b22-14+. The van der Waals surface area contributed by atoms with Crippen LogP contribution in [0, 0.1) is 0 Å². The van der Waals surface area contributed by atoms with Crippen molar-refractivity contribution in [2.24, 2.45) is 5.10 Å². The van der Waals surface area contributed by atoms with Crippen molar-refractivity contribution in [1.29, 1.82) is 0 Å². The highest BCUT2D eigenvalue weighted by Gasteiger charge is 2.11. The lowest BCUT2D eigenvalue weighted by Gasteiger charge is -2.05. The van der Waals surface area contributed by atoms with Crippen molar-refractivity contribution in [3.63, 3.8) is 0 Å². The van der Waals surface area contributed by atoms with Gasteiger partial charge in [0.15, 0.2) is 0 Å². The van der Waals surface area contributed by atoms with Gasteiger partial charge < -0.3 is 4.74 Å². The van der Waals surface area contributed by atoms with E-state index < -0.39 is 0 Å². The maximum Gasteiger partial charge on any atom is 0.236 e. The normalized spacial score (nSPS) is 10.9. The van der Waals surface area contributed by atoms with Crippen molar-refractivity contribution < 1.29 is 9.53 Å². The van der Waals surface area contributed by atoms with Crippen molar-refractivity contribution in [2.75, 3.05) is 6.61 Å². The molecule has 138 valence electrons. The SMILES string of the molecule is CCCOc1ccc(-c2nn(-c3ccccc3)cc2/C=N/NC(C)=O)cc1. The highest BCUT2D eigenvalue weighted by molar-refractivity contribution is 5.89. The maximum absolute atomic E-state index is 11.1. The van der Waals surface area contributed by atoms with E-state index in [0.29, 0.717) is 6.61 Å². The molecule has 0 fully saturated rings. The molecule has 0 atom stereocenters. The van der Waals surface area contributed by atoms with Crippen LogP contribution < -0.4 is 10.2 Å². The second kappa shape index (κ2) is 8.80. The molecule has 6 nitrogen and oxygen atoms in total. The van der Waals surface area contributed by atoms with Crippen LogP contribution in [-0.4, -0.2) is 28.5 Å². The quantitative estimate of drug-likeness (QED) is 0.513. The van der Waals surface area contributed by atoms with Crippen LogP contribution in [0.1, 0.15) is 25.8 Å². The van der Waals surface area contributed by atoms with Crippen molar-refractivity contribution in [3.05, 3.63) is 66.4 Å². The second-order valence-corrected chi connectivity index (χ2v) is 6.01. The smallest absolute Gasteiger partial charge is 0.236 e. The summed E-state index contributed by atoms with van der Waals surface area (Å²) >= 11 is 0. The molecule has 0 aliphatic carbocycles. The lowest BCUT2D eigenvalue weighted by Crippen LogP contribution is -2.12. The number of benzene rings is 2. The predicted octanol–water partition coefficient (Wildman–Crippen LogP) is 3.80. The zero-order valence-corrected chi connectivity index (χ0v) is 15.4. The summed E-state index contributed by atoms with van der Waals surface area (Å²) < 4.78 is 7.44. The number of hydrogen-bond donors (Lipinski definition) is 1.